The Kier molecular flexibility index (Phi) is 5.77. The topological polar surface area (TPSA) is 100 Å². The van der Waals surface area contributed by atoms with Crippen molar-refractivity contribution in [3.05, 3.63) is 60.8 Å². The van der Waals surface area contributed by atoms with Crippen LogP contribution in [0.25, 0.3) is 11.0 Å². The Hall–Kier alpha value is -3.56. The van der Waals surface area contributed by atoms with Crippen LogP contribution >= 0.6 is 0 Å². The summed E-state index contributed by atoms with van der Waals surface area (Å²) in [6, 6.07) is 4.85. The van der Waals surface area contributed by atoms with Crippen molar-refractivity contribution in [3.63, 3.8) is 0 Å². The van der Waals surface area contributed by atoms with Gasteiger partial charge >= 0.3 is 5.69 Å². The fourth-order valence-electron chi connectivity index (χ4n) is 4.44. The van der Waals surface area contributed by atoms with Crippen molar-refractivity contribution in [1.29, 1.82) is 0 Å². The number of rotatable bonds is 5. The fourth-order valence-corrected chi connectivity index (χ4v) is 4.44. The van der Waals surface area contributed by atoms with Crippen molar-refractivity contribution in [2.24, 2.45) is 21.1 Å². The molecule has 0 bridgehead atoms. The zero-order valence-corrected chi connectivity index (χ0v) is 19.6. The van der Waals surface area contributed by atoms with Crippen molar-refractivity contribution < 1.29 is 9.53 Å². The molecule has 0 spiro atoms. The molecule has 3 aromatic rings. The van der Waals surface area contributed by atoms with Crippen LogP contribution in [0.1, 0.15) is 35.9 Å². The van der Waals surface area contributed by atoms with Crippen LogP contribution in [-0.2, 0) is 27.7 Å². The van der Waals surface area contributed by atoms with Gasteiger partial charge in [0.15, 0.2) is 0 Å². The number of carbonyl (C=O) groups excluding carboxylic acids is 1. The van der Waals surface area contributed by atoms with Gasteiger partial charge in [-0.3, -0.25) is 23.5 Å². The second-order valence-electron chi connectivity index (χ2n) is 8.63. The fraction of sp³-hybridized carbons (Fsp3) is 0.478. The summed E-state index contributed by atoms with van der Waals surface area (Å²) in [7, 11) is 4.75. The molecule has 1 saturated heterocycles. The average Bonchev–Trinajstić information content (AvgIpc) is 3.39. The zero-order chi connectivity index (χ0) is 24.0. The Bertz CT molecular complexity index is 1420. The number of carbonyl (C=O) groups is 1. The highest BCUT2D eigenvalue weighted by Gasteiger charge is 2.31. The molecule has 33 heavy (non-hydrogen) atoms. The molecule has 1 fully saturated rings. The summed E-state index contributed by atoms with van der Waals surface area (Å²) in [6.07, 6.45) is 1.14. The minimum absolute atomic E-state index is 0.146. The number of hydrogen-bond donors (Lipinski definition) is 0. The summed E-state index contributed by atoms with van der Waals surface area (Å²) in [5, 5.41) is 0.346. The number of amides is 1. The van der Waals surface area contributed by atoms with E-state index in [1.54, 1.807) is 40.3 Å². The van der Waals surface area contributed by atoms with Gasteiger partial charge in [-0.25, -0.2) is 4.79 Å². The van der Waals surface area contributed by atoms with Crippen LogP contribution in [0.15, 0.2) is 32.6 Å². The van der Waals surface area contributed by atoms with E-state index in [9.17, 15) is 19.2 Å². The Morgan fingerprint density at radius 3 is 2.45 bits per heavy atom. The number of pyridine rings is 1. The van der Waals surface area contributed by atoms with Gasteiger partial charge in [0, 0.05) is 52.4 Å². The predicted molar refractivity (Wildman–Crippen MR) is 124 cm³/mol. The number of hydrogen-bond acceptors (Lipinski definition) is 5. The summed E-state index contributed by atoms with van der Waals surface area (Å²) < 4.78 is 11.8. The SMILES string of the molecule is CCCn1c(C(=O)N2CCC(Oc3cc(C)n(C)c(=O)c3)C2)cc2c(=O)n(C)c(=O)n(C)c21. The van der Waals surface area contributed by atoms with E-state index in [0.29, 0.717) is 48.5 Å². The van der Waals surface area contributed by atoms with Crippen molar-refractivity contribution in [1.82, 2.24) is 23.2 Å². The minimum Gasteiger partial charge on any atom is -0.488 e. The van der Waals surface area contributed by atoms with Crippen molar-refractivity contribution >= 4 is 16.9 Å². The predicted octanol–water partition coefficient (Wildman–Crippen LogP) is 0.749. The highest BCUT2D eigenvalue weighted by atomic mass is 16.5. The number of aromatic nitrogens is 4. The molecule has 1 aliphatic heterocycles. The highest BCUT2D eigenvalue weighted by molar-refractivity contribution is 5.98. The first kappa shape index (κ1) is 22.6. The molecule has 0 aliphatic carbocycles. The van der Waals surface area contributed by atoms with Crippen LogP contribution in [0.5, 0.6) is 5.75 Å². The number of nitrogens with zero attached hydrogens (tertiary/aromatic N) is 5. The maximum atomic E-state index is 13.5. The molecule has 1 atom stereocenters. The lowest BCUT2D eigenvalue weighted by molar-refractivity contribution is 0.0762. The summed E-state index contributed by atoms with van der Waals surface area (Å²) in [4.78, 5) is 52.4. The van der Waals surface area contributed by atoms with Gasteiger partial charge in [0.25, 0.3) is 17.0 Å². The Morgan fingerprint density at radius 2 is 1.79 bits per heavy atom. The van der Waals surface area contributed by atoms with E-state index in [1.807, 2.05) is 13.8 Å². The van der Waals surface area contributed by atoms with Crippen LogP contribution < -0.4 is 21.5 Å². The van der Waals surface area contributed by atoms with Crippen LogP contribution in [0.4, 0.5) is 0 Å². The smallest absolute Gasteiger partial charge is 0.332 e. The lowest BCUT2D eigenvalue weighted by Gasteiger charge is -2.19. The summed E-state index contributed by atoms with van der Waals surface area (Å²) in [5.74, 6) is 0.286. The van der Waals surface area contributed by atoms with Crippen LogP contribution in [-0.4, -0.2) is 48.3 Å². The molecule has 4 rings (SSSR count). The van der Waals surface area contributed by atoms with E-state index in [0.717, 1.165) is 16.7 Å². The van der Waals surface area contributed by atoms with E-state index < -0.39 is 11.2 Å². The average molecular weight is 456 g/mol. The van der Waals surface area contributed by atoms with E-state index in [-0.39, 0.29) is 17.6 Å². The summed E-state index contributed by atoms with van der Waals surface area (Å²) in [6.45, 7) is 5.19. The molecule has 0 N–H and O–H groups in total. The van der Waals surface area contributed by atoms with E-state index in [1.165, 1.54) is 17.7 Å². The lowest BCUT2D eigenvalue weighted by atomic mass is 10.3. The Balaban J connectivity index is 1.64. The van der Waals surface area contributed by atoms with E-state index in [2.05, 4.69) is 0 Å². The highest BCUT2D eigenvalue weighted by Crippen LogP contribution is 2.23. The third-order valence-electron chi connectivity index (χ3n) is 6.37. The monoisotopic (exact) mass is 455 g/mol. The molecule has 1 amide bonds. The minimum atomic E-state index is -0.430. The number of fused-ring (bicyclic) bond motifs is 1. The molecule has 10 nitrogen and oxygen atoms in total. The van der Waals surface area contributed by atoms with Gasteiger partial charge in [-0.05, 0) is 25.5 Å². The molecule has 1 unspecified atom stereocenters. The van der Waals surface area contributed by atoms with Gasteiger partial charge in [-0.2, -0.15) is 0 Å². The zero-order valence-electron chi connectivity index (χ0n) is 19.6. The number of ether oxygens (including phenoxy) is 1. The summed E-state index contributed by atoms with van der Waals surface area (Å²) >= 11 is 0. The van der Waals surface area contributed by atoms with Crippen LogP contribution in [0, 0.1) is 6.92 Å². The molecule has 10 heteroatoms. The first-order valence-electron chi connectivity index (χ1n) is 11.1. The third kappa shape index (κ3) is 3.79. The second kappa shape index (κ2) is 8.42. The molecule has 3 aromatic heterocycles. The number of aryl methyl sites for hydroxylation is 3. The van der Waals surface area contributed by atoms with Crippen molar-refractivity contribution in [2.75, 3.05) is 13.1 Å². The molecular weight excluding hydrogens is 426 g/mol. The van der Waals surface area contributed by atoms with E-state index in [4.69, 9.17) is 4.74 Å². The summed E-state index contributed by atoms with van der Waals surface area (Å²) in [5.41, 5.74) is 0.639. The van der Waals surface area contributed by atoms with Gasteiger partial charge < -0.3 is 18.8 Å². The molecule has 0 aromatic carbocycles. The van der Waals surface area contributed by atoms with Gasteiger partial charge in [-0.1, -0.05) is 6.92 Å². The molecule has 1 aliphatic rings. The Morgan fingerprint density at radius 1 is 1.06 bits per heavy atom. The Labute approximate surface area is 190 Å². The quantitative estimate of drug-likeness (QED) is 0.565. The lowest BCUT2D eigenvalue weighted by Crippen LogP contribution is -2.37. The molecular formula is C23H29N5O5. The third-order valence-corrected chi connectivity index (χ3v) is 6.37. The maximum Gasteiger partial charge on any atom is 0.332 e. The first-order chi connectivity index (χ1) is 15.6. The van der Waals surface area contributed by atoms with Gasteiger partial charge in [0.05, 0.1) is 11.9 Å². The molecule has 0 saturated carbocycles. The largest absolute Gasteiger partial charge is 0.488 e. The maximum absolute atomic E-state index is 13.5. The van der Waals surface area contributed by atoms with Crippen LogP contribution in [0.2, 0.25) is 0 Å². The molecule has 4 heterocycles. The standard InChI is InChI=1S/C23H29N5O5/c1-6-8-28-18(12-17-20(28)25(4)23(32)26(5)21(17)30)22(31)27-9-7-15(13-27)33-16-10-14(2)24(3)19(29)11-16/h10-12,15H,6-9,13H2,1-5H3. The van der Waals surface area contributed by atoms with Gasteiger partial charge in [0.2, 0.25) is 0 Å². The molecule has 0 radical (unpaired) electrons. The van der Waals surface area contributed by atoms with Gasteiger partial charge in [-0.15, -0.1) is 0 Å². The first-order valence-corrected chi connectivity index (χ1v) is 11.1. The van der Waals surface area contributed by atoms with Crippen molar-refractivity contribution in [3.8, 4) is 5.75 Å². The van der Waals surface area contributed by atoms with E-state index >= 15 is 0 Å². The normalized spacial score (nSPS) is 16.0. The van der Waals surface area contributed by atoms with Crippen LogP contribution in [0.3, 0.4) is 0 Å². The van der Waals surface area contributed by atoms with Gasteiger partial charge in [0.1, 0.15) is 23.2 Å². The molecule has 176 valence electrons. The van der Waals surface area contributed by atoms with Crippen molar-refractivity contribution in [2.45, 2.75) is 39.3 Å². The second-order valence-corrected chi connectivity index (χ2v) is 8.63. The number of likely N-dealkylation sites (tertiary alicyclic amines) is 1.